The van der Waals surface area contributed by atoms with Crippen molar-refractivity contribution in [2.75, 3.05) is 52.4 Å². The molecule has 8 nitrogen and oxygen atoms in total. The van der Waals surface area contributed by atoms with Crippen molar-refractivity contribution in [3.63, 3.8) is 0 Å². The predicted molar refractivity (Wildman–Crippen MR) is 92.4 cm³/mol. The average molecular weight is 289 g/mol. The highest BCUT2D eigenvalue weighted by molar-refractivity contribution is 4.45. The number of hydrogen-bond acceptors (Lipinski definition) is 8. The van der Waals surface area contributed by atoms with Gasteiger partial charge in [0.25, 0.3) is 0 Å². The number of hydrogen-bond donors (Lipinski definition) is 8. The molecular weight excluding hydrogens is 244 g/mol. The van der Waals surface area contributed by atoms with Crippen LogP contribution in [0.2, 0.25) is 0 Å². The molecule has 0 aliphatic carbocycles. The van der Waals surface area contributed by atoms with Crippen LogP contribution in [0.25, 0.3) is 0 Å². The Kier molecular flexibility index (Phi) is 147. The molecule has 19 heavy (non-hydrogen) atoms. The third-order valence-electron chi connectivity index (χ3n) is 0.976. The lowest BCUT2D eigenvalue weighted by molar-refractivity contribution is 0.696. The molecule has 0 fully saturated rings. The molecule has 0 aromatic rings. The van der Waals surface area contributed by atoms with Crippen molar-refractivity contribution in [1.82, 2.24) is 11.5 Å². The first-order chi connectivity index (χ1) is 7.24. The fourth-order valence-electron chi connectivity index (χ4n) is 0.329. The van der Waals surface area contributed by atoms with Crippen LogP contribution in [-0.4, -0.2) is 52.4 Å². The molecular formula is C11H44N8. The first kappa shape index (κ1) is 42.8. The van der Waals surface area contributed by atoms with Crippen LogP contribution >= 0.6 is 0 Å². The molecule has 0 rings (SSSR count). The summed E-state index contributed by atoms with van der Waals surface area (Å²) in [4.78, 5) is 0. The van der Waals surface area contributed by atoms with Gasteiger partial charge in [-0.05, 0) is 0 Å². The Balaban J connectivity index is -0.0000000216. The molecule has 0 atom stereocenters. The van der Waals surface area contributed by atoms with Crippen molar-refractivity contribution in [2.45, 2.75) is 22.3 Å². The highest BCUT2D eigenvalue weighted by Crippen LogP contribution is 1.49. The Morgan fingerprint density at radius 3 is 0.789 bits per heavy atom. The highest BCUT2D eigenvalue weighted by Gasteiger charge is 1.76. The summed E-state index contributed by atoms with van der Waals surface area (Å²) < 4.78 is 0. The second-order valence-electron chi connectivity index (χ2n) is 2.48. The maximum absolute atomic E-state index is 5.17. The molecule has 8 heteroatoms. The minimum absolute atomic E-state index is 0. The minimum Gasteiger partial charge on any atom is -0.344 e. The van der Waals surface area contributed by atoms with Gasteiger partial charge in [0.05, 0.1) is 0 Å². The molecule has 0 bridgehead atoms. The maximum Gasteiger partial charge on any atom is 0.00750 e. The molecule has 0 spiro atoms. The van der Waals surface area contributed by atoms with Gasteiger partial charge in [0, 0.05) is 52.4 Å². The van der Waals surface area contributed by atoms with Crippen LogP contribution < -0.4 is 45.9 Å². The summed E-state index contributed by atoms with van der Waals surface area (Å²) in [7, 11) is 0. The zero-order chi connectivity index (χ0) is 12.4. The fraction of sp³-hybridized carbons (Fsp3) is 1.00. The van der Waals surface area contributed by atoms with Crippen molar-refractivity contribution in [2.24, 2.45) is 34.4 Å². The maximum atomic E-state index is 5.17. The van der Waals surface area contributed by atoms with Gasteiger partial charge in [0.2, 0.25) is 0 Å². The molecule has 0 saturated carbocycles. The zero-order valence-corrected chi connectivity index (χ0v) is 10.3. The van der Waals surface area contributed by atoms with E-state index >= 15 is 0 Å². The van der Waals surface area contributed by atoms with Crippen molar-refractivity contribution in [3.05, 3.63) is 0 Å². The van der Waals surface area contributed by atoms with E-state index in [0.717, 1.165) is 13.1 Å². The molecule has 0 aromatic carbocycles. The molecule has 0 radical (unpaired) electrons. The summed E-state index contributed by atoms with van der Waals surface area (Å²) in [5.74, 6) is 0. The summed E-state index contributed by atoms with van der Waals surface area (Å²) >= 11 is 0. The van der Waals surface area contributed by atoms with Crippen LogP contribution in [0.1, 0.15) is 22.3 Å². The monoisotopic (exact) mass is 288 g/mol. The summed E-state index contributed by atoms with van der Waals surface area (Å²) in [5, 5.41) is 3.03. The number of nitrogens with two attached hydrogens (primary N) is 6. The van der Waals surface area contributed by atoms with Gasteiger partial charge in [-0.15, -0.1) is 0 Å². The van der Waals surface area contributed by atoms with Gasteiger partial charge < -0.3 is 45.9 Å². The Morgan fingerprint density at radius 2 is 0.684 bits per heavy atom. The Labute approximate surface area is 121 Å². The van der Waals surface area contributed by atoms with E-state index in [2.05, 4.69) is 5.32 Å². The van der Waals surface area contributed by atoms with Crippen molar-refractivity contribution < 1.29 is 0 Å². The molecule has 0 aromatic heterocycles. The molecule has 0 amide bonds. The highest BCUT2D eigenvalue weighted by atomic mass is 14.9. The zero-order valence-electron chi connectivity index (χ0n) is 10.3. The lowest BCUT2D eigenvalue weighted by Crippen LogP contribution is -2.27. The van der Waals surface area contributed by atoms with Gasteiger partial charge in [-0.2, -0.15) is 0 Å². The lowest BCUT2D eigenvalue weighted by Gasteiger charge is -1.95. The summed E-state index contributed by atoms with van der Waals surface area (Å²) in [6.07, 6.45) is 0. The summed E-state index contributed by atoms with van der Waals surface area (Å²) in [6.45, 7) is 5.52. The largest absolute Gasteiger partial charge is 0.344 e. The van der Waals surface area contributed by atoms with Gasteiger partial charge in [-0.25, -0.2) is 0 Å². The van der Waals surface area contributed by atoms with Crippen molar-refractivity contribution >= 4 is 0 Å². The quantitative estimate of drug-likeness (QED) is 0.266. The average Bonchev–Trinajstić information content (AvgIpc) is 2.30. The fourth-order valence-corrected chi connectivity index (χ4v) is 0.329. The first-order valence-electron chi connectivity index (χ1n) is 5.16. The topological polar surface area (TPSA) is 203 Å². The molecule has 0 saturated heterocycles. The van der Waals surface area contributed by atoms with Crippen LogP contribution in [0.15, 0.2) is 0 Å². The molecule has 0 unspecified atom stereocenters. The van der Waals surface area contributed by atoms with E-state index in [4.69, 9.17) is 34.4 Å². The van der Waals surface area contributed by atoms with E-state index in [1.807, 2.05) is 0 Å². The number of nitrogens with one attached hydrogen (secondary N) is 1. The van der Waals surface area contributed by atoms with E-state index in [9.17, 15) is 0 Å². The molecule has 128 valence electrons. The standard InChI is InChI=1S/C4H13N3.2C2H8N2.3CH4.H3N/c5-1-3-7-4-2-6;2*3-1-2-4;;;;/h7H,1-6H2;2*1-4H2;3*1H4;1H3. The van der Waals surface area contributed by atoms with E-state index in [-0.39, 0.29) is 28.4 Å². The second-order valence-corrected chi connectivity index (χ2v) is 2.48. The van der Waals surface area contributed by atoms with Crippen LogP contribution in [0.5, 0.6) is 0 Å². The second kappa shape index (κ2) is 65.3. The van der Waals surface area contributed by atoms with Crippen LogP contribution in [-0.2, 0) is 0 Å². The normalized spacial score (nSPS) is 6.63. The van der Waals surface area contributed by atoms with Crippen molar-refractivity contribution in [3.8, 4) is 0 Å². The van der Waals surface area contributed by atoms with Crippen LogP contribution in [0, 0.1) is 0 Å². The van der Waals surface area contributed by atoms with Gasteiger partial charge >= 0.3 is 0 Å². The van der Waals surface area contributed by atoms with Crippen molar-refractivity contribution in [1.29, 1.82) is 0 Å². The summed E-state index contributed by atoms with van der Waals surface area (Å²) in [6, 6.07) is 0. The predicted octanol–water partition coefficient (Wildman–Crippen LogP) is -1.63. The molecule has 0 heterocycles. The minimum atomic E-state index is 0. The smallest absolute Gasteiger partial charge is 0.00750 e. The van der Waals surface area contributed by atoms with E-state index in [1.54, 1.807) is 0 Å². The lowest BCUT2D eigenvalue weighted by atomic mass is 10.6. The third-order valence-corrected chi connectivity index (χ3v) is 0.976. The van der Waals surface area contributed by atoms with Gasteiger partial charge in [0.15, 0.2) is 0 Å². The van der Waals surface area contributed by atoms with E-state index in [1.165, 1.54) is 0 Å². The first-order valence-corrected chi connectivity index (χ1v) is 5.16. The van der Waals surface area contributed by atoms with Gasteiger partial charge in [-0.1, -0.05) is 22.3 Å². The SMILES string of the molecule is C.C.C.N.NCCN.NCCN.NCCNCCN. The van der Waals surface area contributed by atoms with E-state index in [0.29, 0.717) is 39.3 Å². The Hall–Kier alpha value is -0.320. The van der Waals surface area contributed by atoms with Crippen LogP contribution in [0.4, 0.5) is 0 Å². The molecule has 0 aliphatic heterocycles. The third kappa shape index (κ3) is 135. The Bertz CT molecular complexity index is 63.7. The number of rotatable bonds is 6. The molecule has 16 N–H and O–H groups in total. The van der Waals surface area contributed by atoms with Gasteiger partial charge in [0.1, 0.15) is 0 Å². The Morgan fingerprint density at radius 1 is 0.474 bits per heavy atom. The van der Waals surface area contributed by atoms with E-state index < -0.39 is 0 Å². The van der Waals surface area contributed by atoms with Gasteiger partial charge in [-0.3, -0.25) is 0 Å². The summed E-state index contributed by atoms with van der Waals surface area (Å²) in [5.41, 5.74) is 29.9. The van der Waals surface area contributed by atoms with Crippen LogP contribution in [0.3, 0.4) is 0 Å². The molecule has 0 aliphatic rings.